The number of nitrogens with zero attached hydrogens (tertiary/aromatic N) is 3. The van der Waals surface area contributed by atoms with E-state index in [9.17, 15) is 4.79 Å². The van der Waals surface area contributed by atoms with Gasteiger partial charge in [0.2, 0.25) is 0 Å². The minimum absolute atomic E-state index is 0.0689. The zero-order valence-corrected chi connectivity index (χ0v) is 14.3. The molecule has 2 amide bonds. The Hall–Kier alpha value is -2.79. The molecular formula is C19H17ClN4O. The van der Waals surface area contributed by atoms with Crippen molar-refractivity contribution in [2.75, 3.05) is 18.0 Å². The Bertz CT molecular complexity index is 863. The van der Waals surface area contributed by atoms with Gasteiger partial charge in [0.1, 0.15) is 5.82 Å². The van der Waals surface area contributed by atoms with Gasteiger partial charge in [-0.2, -0.15) is 0 Å². The maximum atomic E-state index is 13.2. The molecule has 5 nitrogen and oxygen atoms in total. The molecule has 4 rings (SSSR count). The van der Waals surface area contributed by atoms with Gasteiger partial charge in [0.05, 0.1) is 12.2 Å². The van der Waals surface area contributed by atoms with Gasteiger partial charge in [0, 0.05) is 36.1 Å². The van der Waals surface area contributed by atoms with E-state index in [2.05, 4.69) is 22.5 Å². The summed E-state index contributed by atoms with van der Waals surface area (Å²) in [6.07, 6.45) is 7.63. The van der Waals surface area contributed by atoms with Gasteiger partial charge in [-0.3, -0.25) is 4.98 Å². The van der Waals surface area contributed by atoms with Gasteiger partial charge in [0.15, 0.2) is 0 Å². The van der Waals surface area contributed by atoms with Gasteiger partial charge in [-0.25, -0.2) is 9.69 Å². The van der Waals surface area contributed by atoms with E-state index in [0.717, 1.165) is 22.6 Å². The van der Waals surface area contributed by atoms with Crippen molar-refractivity contribution in [3.63, 3.8) is 0 Å². The average Bonchev–Trinajstić information content (AvgIpc) is 2.63. The minimum Gasteiger partial charge on any atom is -0.367 e. The number of nitrogens with one attached hydrogen (secondary N) is 1. The van der Waals surface area contributed by atoms with Gasteiger partial charge >= 0.3 is 6.03 Å². The van der Waals surface area contributed by atoms with Crippen LogP contribution in [-0.4, -0.2) is 29.0 Å². The van der Waals surface area contributed by atoms with Crippen LogP contribution in [0.3, 0.4) is 0 Å². The first-order valence-electron chi connectivity index (χ1n) is 8.09. The third-order valence-corrected chi connectivity index (χ3v) is 4.48. The van der Waals surface area contributed by atoms with Crippen LogP contribution in [0.25, 0.3) is 0 Å². The number of hydrogen-bond acceptors (Lipinski definition) is 3. The molecule has 1 N–H and O–H groups in total. The van der Waals surface area contributed by atoms with Crippen molar-refractivity contribution in [3.8, 4) is 0 Å². The fraction of sp³-hybridized carbons (Fsp3) is 0.158. The van der Waals surface area contributed by atoms with Crippen LogP contribution in [0.4, 0.5) is 10.5 Å². The third kappa shape index (κ3) is 3.10. The summed E-state index contributed by atoms with van der Waals surface area (Å²) in [7, 11) is 0. The third-order valence-electron chi connectivity index (χ3n) is 4.25. The molecule has 1 aromatic heterocycles. The van der Waals surface area contributed by atoms with Crippen LogP contribution in [0.2, 0.25) is 5.02 Å². The van der Waals surface area contributed by atoms with Crippen LogP contribution in [-0.2, 0) is 6.54 Å². The van der Waals surface area contributed by atoms with Gasteiger partial charge in [-0.05, 0) is 35.9 Å². The maximum Gasteiger partial charge on any atom is 0.330 e. The summed E-state index contributed by atoms with van der Waals surface area (Å²) in [6.45, 7) is 1.80. The lowest BCUT2D eigenvalue weighted by Crippen LogP contribution is -2.51. The molecule has 0 aliphatic carbocycles. The Balaban J connectivity index is 1.72. The Labute approximate surface area is 151 Å². The van der Waals surface area contributed by atoms with Crippen molar-refractivity contribution < 1.29 is 4.79 Å². The van der Waals surface area contributed by atoms with E-state index in [-0.39, 0.29) is 6.03 Å². The first-order chi connectivity index (χ1) is 12.2. The normalized spacial score (nSPS) is 16.8. The summed E-state index contributed by atoms with van der Waals surface area (Å²) in [5.74, 6) is 0.834. The zero-order valence-electron chi connectivity index (χ0n) is 13.5. The fourth-order valence-corrected chi connectivity index (χ4v) is 3.28. The Morgan fingerprint density at radius 2 is 2.04 bits per heavy atom. The number of urea groups is 1. The molecular weight excluding hydrogens is 336 g/mol. The number of hydrogen-bond donors (Lipinski definition) is 1. The molecule has 0 radical (unpaired) electrons. The highest BCUT2D eigenvalue weighted by atomic mass is 35.5. The Kier molecular flexibility index (Phi) is 4.15. The highest BCUT2D eigenvalue weighted by Crippen LogP contribution is 2.30. The lowest BCUT2D eigenvalue weighted by Gasteiger charge is -2.39. The van der Waals surface area contributed by atoms with E-state index in [1.165, 1.54) is 0 Å². The second kappa shape index (κ2) is 6.61. The van der Waals surface area contributed by atoms with E-state index in [0.29, 0.717) is 24.7 Å². The van der Waals surface area contributed by atoms with Gasteiger partial charge < -0.3 is 10.2 Å². The highest BCUT2D eigenvalue weighted by Gasteiger charge is 2.33. The fourth-order valence-electron chi connectivity index (χ4n) is 3.10. The monoisotopic (exact) mass is 352 g/mol. The van der Waals surface area contributed by atoms with Crippen LogP contribution in [0.1, 0.15) is 5.56 Å². The topological polar surface area (TPSA) is 48.5 Å². The average molecular weight is 353 g/mol. The molecule has 126 valence electrons. The predicted molar refractivity (Wildman–Crippen MR) is 98.1 cm³/mol. The number of pyridine rings is 1. The van der Waals surface area contributed by atoms with Crippen molar-refractivity contribution in [2.24, 2.45) is 0 Å². The van der Waals surface area contributed by atoms with Crippen molar-refractivity contribution in [1.82, 2.24) is 15.2 Å². The molecule has 2 aliphatic rings. The number of dihydropyridines is 1. The smallest absolute Gasteiger partial charge is 0.330 e. The minimum atomic E-state index is -0.0689. The SMILES string of the molecule is O=C1N(Cc2ccncc2)CC2=C(NCC=C2)N1c1cccc(Cl)c1. The maximum absolute atomic E-state index is 13.2. The van der Waals surface area contributed by atoms with Crippen LogP contribution in [0.5, 0.6) is 0 Å². The summed E-state index contributed by atoms with van der Waals surface area (Å²) in [4.78, 5) is 20.8. The Morgan fingerprint density at radius 1 is 1.20 bits per heavy atom. The zero-order chi connectivity index (χ0) is 17.2. The molecule has 2 aromatic rings. The van der Waals surface area contributed by atoms with Crippen LogP contribution < -0.4 is 10.2 Å². The highest BCUT2D eigenvalue weighted by molar-refractivity contribution is 6.31. The molecule has 6 heteroatoms. The lowest BCUT2D eigenvalue weighted by atomic mass is 10.1. The summed E-state index contributed by atoms with van der Waals surface area (Å²) in [6, 6.07) is 11.1. The van der Waals surface area contributed by atoms with E-state index in [1.807, 2.05) is 29.2 Å². The largest absolute Gasteiger partial charge is 0.367 e. The molecule has 0 saturated carbocycles. The number of carbonyl (C=O) groups is 1. The molecule has 0 fully saturated rings. The van der Waals surface area contributed by atoms with Crippen LogP contribution in [0.15, 0.2) is 72.3 Å². The molecule has 0 bridgehead atoms. The second-order valence-corrected chi connectivity index (χ2v) is 6.40. The van der Waals surface area contributed by atoms with Gasteiger partial charge in [-0.1, -0.05) is 29.8 Å². The number of anilines is 1. The van der Waals surface area contributed by atoms with Crippen molar-refractivity contribution in [3.05, 3.63) is 82.9 Å². The number of amides is 2. The Morgan fingerprint density at radius 3 is 2.84 bits per heavy atom. The number of benzene rings is 1. The lowest BCUT2D eigenvalue weighted by molar-refractivity contribution is 0.204. The summed E-state index contributed by atoms with van der Waals surface area (Å²) < 4.78 is 0. The van der Waals surface area contributed by atoms with Crippen molar-refractivity contribution in [2.45, 2.75) is 6.54 Å². The van der Waals surface area contributed by atoms with Crippen LogP contribution in [0, 0.1) is 0 Å². The number of halogens is 1. The second-order valence-electron chi connectivity index (χ2n) is 5.97. The molecule has 3 heterocycles. The first-order valence-corrected chi connectivity index (χ1v) is 8.47. The standard InChI is InChI=1S/C19H17ClN4O/c20-16-4-1-5-17(11-16)24-18-15(3-2-8-22-18)13-23(19(24)25)12-14-6-9-21-10-7-14/h1-7,9-11,22H,8,12-13H2. The molecule has 0 spiro atoms. The summed E-state index contributed by atoms with van der Waals surface area (Å²) in [5, 5.41) is 3.92. The van der Waals surface area contributed by atoms with Crippen LogP contribution >= 0.6 is 11.6 Å². The van der Waals surface area contributed by atoms with Gasteiger partial charge in [-0.15, -0.1) is 0 Å². The molecule has 0 unspecified atom stereocenters. The van der Waals surface area contributed by atoms with E-state index in [1.54, 1.807) is 29.4 Å². The number of aromatic nitrogens is 1. The van der Waals surface area contributed by atoms with E-state index in [4.69, 9.17) is 11.6 Å². The molecule has 0 saturated heterocycles. The van der Waals surface area contributed by atoms with E-state index < -0.39 is 0 Å². The predicted octanol–water partition coefficient (Wildman–Crippen LogP) is 3.55. The molecule has 25 heavy (non-hydrogen) atoms. The summed E-state index contributed by atoms with van der Waals surface area (Å²) in [5.41, 5.74) is 2.89. The molecule has 1 aromatic carbocycles. The summed E-state index contributed by atoms with van der Waals surface area (Å²) >= 11 is 6.14. The number of rotatable bonds is 3. The molecule has 0 atom stereocenters. The van der Waals surface area contributed by atoms with Crippen molar-refractivity contribution in [1.29, 1.82) is 0 Å². The quantitative estimate of drug-likeness (QED) is 0.919. The van der Waals surface area contributed by atoms with E-state index >= 15 is 0 Å². The van der Waals surface area contributed by atoms with Crippen molar-refractivity contribution >= 4 is 23.3 Å². The first kappa shape index (κ1) is 15.7. The molecule has 2 aliphatic heterocycles. The number of carbonyl (C=O) groups excluding carboxylic acids is 1. The van der Waals surface area contributed by atoms with Gasteiger partial charge in [0.25, 0.3) is 0 Å².